The smallest absolute Gasteiger partial charge is 0.243 e. The molecule has 0 radical (unpaired) electrons. The van der Waals surface area contributed by atoms with Gasteiger partial charge in [-0.15, -0.1) is 6.42 Å². The Hall–Kier alpha value is -1.22. The second-order valence-electron chi connectivity index (χ2n) is 4.27. The van der Waals surface area contributed by atoms with Crippen molar-refractivity contribution in [3.8, 4) is 12.3 Å². The number of rotatable bonds is 5. The summed E-state index contributed by atoms with van der Waals surface area (Å²) in [6, 6.07) is 2.32. The van der Waals surface area contributed by atoms with Crippen molar-refractivity contribution in [2.75, 3.05) is 5.73 Å². The lowest BCUT2D eigenvalue weighted by Crippen LogP contribution is -2.33. The Balaban J connectivity index is 3.14. The third-order valence-corrected chi connectivity index (χ3v) is 4.62. The number of halogens is 1. The molecule has 4 nitrogen and oxygen atoms in total. The first-order chi connectivity index (χ1) is 8.81. The highest BCUT2D eigenvalue weighted by Gasteiger charge is 2.22. The molecule has 0 spiro atoms. The van der Waals surface area contributed by atoms with Gasteiger partial charge in [0.1, 0.15) is 4.90 Å². The minimum atomic E-state index is -3.77. The topological polar surface area (TPSA) is 72.2 Å². The summed E-state index contributed by atoms with van der Waals surface area (Å²) in [5, 5.41) is 0.131. The van der Waals surface area contributed by atoms with Crippen LogP contribution >= 0.6 is 11.6 Å². The molecule has 0 aliphatic rings. The quantitative estimate of drug-likeness (QED) is 0.647. The summed E-state index contributed by atoms with van der Waals surface area (Å²) < 4.78 is 26.9. The van der Waals surface area contributed by atoms with Gasteiger partial charge in [-0.2, -0.15) is 4.72 Å². The number of nitrogens with one attached hydrogen (secondary N) is 1. The van der Waals surface area contributed by atoms with Gasteiger partial charge in [-0.3, -0.25) is 0 Å². The number of terminal acetylenes is 1. The van der Waals surface area contributed by atoms with Crippen molar-refractivity contribution >= 4 is 27.3 Å². The van der Waals surface area contributed by atoms with Crippen LogP contribution in [-0.4, -0.2) is 14.5 Å². The first kappa shape index (κ1) is 15.8. The Morgan fingerprint density at radius 1 is 1.53 bits per heavy atom. The standard InChI is InChI=1S/C13H17ClN2O2S/c1-4-6-10(5-2)16-19(17,18)13-8-12(15)9(3)7-11(13)14/h2,7-8,10,16H,4,6,15H2,1,3H3. The van der Waals surface area contributed by atoms with E-state index in [4.69, 9.17) is 23.8 Å². The fraction of sp³-hybridized carbons (Fsp3) is 0.385. The molecular weight excluding hydrogens is 284 g/mol. The molecule has 3 N–H and O–H groups in total. The molecule has 0 aromatic heterocycles. The number of hydrogen-bond donors (Lipinski definition) is 2. The van der Waals surface area contributed by atoms with Crippen LogP contribution in [0.2, 0.25) is 5.02 Å². The Bertz CT molecular complexity index is 606. The third kappa shape index (κ3) is 3.87. The lowest BCUT2D eigenvalue weighted by atomic mass is 10.2. The Labute approximate surface area is 119 Å². The zero-order chi connectivity index (χ0) is 14.6. The molecule has 0 aliphatic carbocycles. The molecule has 0 saturated carbocycles. The van der Waals surface area contributed by atoms with E-state index >= 15 is 0 Å². The summed E-state index contributed by atoms with van der Waals surface area (Å²) in [6.45, 7) is 3.68. The van der Waals surface area contributed by atoms with E-state index in [1.807, 2.05) is 6.92 Å². The van der Waals surface area contributed by atoms with Crippen LogP contribution in [0.1, 0.15) is 25.3 Å². The summed E-state index contributed by atoms with van der Waals surface area (Å²) in [7, 11) is -3.77. The van der Waals surface area contributed by atoms with Crippen molar-refractivity contribution in [2.45, 2.75) is 37.6 Å². The van der Waals surface area contributed by atoms with Crippen molar-refractivity contribution in [3.05, 3.63) is 22.7 Å². The summed E-state index contributed by atoms with van der Waals surface area (Å²) in [4.78, 5) is -0.0476. The van der Waals surface area contributed by atoms with Crippen LogP contribution in [0.5, 0.6) is 0 Å². The van der Waals surface area contributed by atoms with Crippen molar-refractivity contribution in [2.24, 2.45) is 0 Å². The van der Waals surface area contributed by atoms with E-state index in [0.29, 0.717) is 12.1 Å². The number of nitrogens with two attached hydrogens (primary N) is 1. The second kappa shape index (κ2) is 6.29. The van der Waals surface area contributed by atoms with Crippen LogP contribution in [0, 0.1) is 19.3 Å². The molecule has 1 rings (SSSR count). The van der Waals surface area contributed by atoms with E-state index in [9.17, 15) is 8.42 Å². The number of benzene rings is 1. The maximum atomic E-state index is 12.2. The number of hydrogen-bond acceptors (Lipinski definition) is 3. The molecule has 19 heavy (non-hydrogen) atoms. The largest absolute Gasteiger partial charge is 0.398 e. The predicted molar refractivity (Wildman–Crippen MR) is 78.5 cm³/mol. The molecule has 0 heterocycles. The minimum absolute atomic E-state index is 0.0476. The summed E-state index contributed by atoms with van der Waals surface area (Å²) in [6.07, 6.45) is 6.64. The fourth-order valence-corrected chi connectivity index (χ4v) is 3.40. The normalized spacial score (nSPS) is 12.9. The van der Waals surface area contributed by atoms with Gasteiger partial charge in [-0.1, -0.05) is 30.9 Å². The first-order valence-electron chi connectivity index (χ1n) is 5.86. The second-order valence-corrected chi connectivity index (χ2v) is 6.36. The maximum Gasteiger partial charge on any atom is 0.243 e. The van der Waals surface area contributed by atoms with Gasteiger partial charge in [0.05, 0.1) is 11.1 Å². The number of anilines is 1. The molecule has 0 bridgehead atoms. The van der Waals surface area contributed by atoms with E-state index < -0.39 is 16.1 Å². The molecule has 1 atom stereocenters. The van der Waals surface area contributed by atoms with E-state index in [0.717, 1.165) is 12.0 Å². The zero-order valence-electron chi connectivity index (χ0n) is 10.9. The molecule has 1 unspecified atom stereocenters. The lowest BCUT2D eigenvalue weighted by Gasteiger charge is -2.14. The molecular formula is C13H17ClN2O2S. The third-order valence-electron chi connectivity index (χ3n) is 2.69. The lowest BCUT2D eigenvalue weighted by molar-refractivity contribution is 0.564. The Morgan fingerprint density at radius 3 is 2.68 bits per heavy atom. The van der Waals surface area contributed by atoms with Crippen LogP contribution < -0.4 is 10.5 Å². The van der Waals surface area contributed by atoms with Gasteiger partial charge in [0.25, 0.3) is 0 Å². The number of nitrogen functional groups attached to an aromatic ring is 1. The van der Waals surface area contributed by atoms with Crippen LogP contribution in [-0.2, 0) is 10.0 Å². The van der Waals surface area contributed by atoms with Crippen LogP contribution in [0.3, 0.4) is 0 Å². The van der Waals surface area contributed by atoms with Crippen molar-refractivity contribution in [1.82, 2.24) is 4.72 Å². The molecule has 0 amide bonds. The summed E-state index contributed by atoms with van der Waals surface area (Å²) in [5.74, 6) is 2.41. The minimum Gasteiger partial charge on any atom is -0.398 e. The van der Waals surface area contributed by atoms with Gasteiger partial charge in [0, 0.05) is 5.69 Å². The highest BCUT2D eigenvalue weighted by Crippen LogP contribution is 2.26. The van der Waals surface area contributed by atoms with E-state index in [1.54, 1.807) is 6.92 Å². The maximum absolute atomic E-state index is 12.2. The predicted octanol–water partition coefficient (Wildman–Crippen LogP) is 2.31. The van der Waals surface area contributed by atoms with Crippen molar-refractivity contribution < 1.29 is 8.42 Å². The molecule has 0 fully saturated rings. The molecule has 0 saturated heterocycles. The molecule has 0 aliphatic heterocycles. The highest BCUT2D eigenvalue weighted by atomic mass is 35.5. The molecule has 6 heteroatoms. The summed E-state index contributed by atoms with van der Waals surface area (Å²) >= 11 is 5.96. The number of aryl methyl sites for hydroxylation is 1. The van der Waals surface area contributed by atoms with Gasteiger partial charge in [0.2, 0.25) is 10.0 Å². The molecule has 104 valence electrons. The Morgan fingerprint density at radius 2 is 2.16 bits per heavy atom. The number of sulfonamides is 1. The van der Waals surface area contributed by atoms with E-state index in [-0.39, 0.29) is 9.92 Å². The summed E-state index contributed by atoms with van der Waals surface area (Å²) in [5.41, 5.74) is 6.82. The zero-order valence-corrected chi connectivity index (χ0v) is 12.5. The molecule has 1 aromatic rings. The van der Waals surface area contributed by atoms with Gasteiger partial charge in [0.15, 0.2) is 0 Å². The first-order valence-corrected chi connectivity index (χ1v) is 7.72. The average molecular weight is 301 g/mol. The van der Waals surface area contributed by atoms with Gasteiger partial charge in [-0.05, 0) is 31.0 Å². The SMILES string of the molecule is C#CC(CCC)NS(=O)(=O)c1cc(N)c(C)cc1Cl. The van der Waals surface area contributed by atoms with Crippen LogP contribution in [0.4, 0.5) is 5.69 Å². The highest BCUT2D eigenvalue weighted by molar-refractivity contribution is 7.89. The van der Waals surface area contributed by atoms with Crippen molar-refractivity contribution in [1.29, 1.82) is 0 Å². The van der Waals surface area contributed by atoms with Crippen molar-refractivity contribution in [3.63, 3.8) is 0 Å². The monoisotopic (exact) mass is 300 g/mol. The van der Waals surface area contributed by atoms with Gasteiger partial charge in [-0.25, -0.2) is 8.42 Å². The van der Waals surface area contributed by atoms with E-state index in [1.165, 1.54) is 12.1 Å². The van der Waals surface area contributed by atoms with Crippen LogP contribution in [0.15, 0.2) is 17.0 Å². The van der Waals surface area contributed by atoms with Crippen LogP contribution in [0.25, 0.3) is 0 Å². The Kier molecular flexibility index (Phi) is 5.24. The van der Waals surface area contributed by atoms with Gasteiger partial charge < -0.3 is 5.73 Å². The fourth-order valence-electron chi connectivity index (χ4n) is 1.59. The average Bonchev–Trinajstić information content (AvgIpc) is 2.32. The van der Waals surface area contributed by atoms with E-state index in [2.05, 4.69) is 10.6 Å². The van der Waals surface area contributed by atoms with Gasteiger partial charge >= 0.3 is 0 Å². The molecule has 1 aromatic carbocycles.